The highest BCUT2D eigenvalue weighted by atomic mass is 32.1. The van der Waals surface area contributed by atoms with E-state index in [9.17, 15) is 4.79 Å². The van der Waals surface area contributed by atoms with E-state index in [1.165, 1.54) is 9.91 Å². The Morgan fingerprint density at radius 2 is 1.79 bits per heavy atom. The predicted molar refractivity (Wildman–Crippen MR) is 55.7 cm³/mol. The van der Waals surface area contributed by atoms with Gasteiger partial charge in [0.25, 0.3) is 0 Å². The van der Waals surface area contributed by atoms with Gasteiger partial charge in [0.15, 0.2) is 5.11 Å². The SMILES string of the molecule is CN(N)C(=S)N1CCN(C(=O)O)CC1. The lowest BCUT2D eigenvalue weighted by atomic mass is 10.3. The van der Waals surface area contributed by atoms with E-state index in [1.54, 1.807) is 7.05 Å². The topological polar surface area (TPSA) is 73.0 Å². The van der Waals surface area contributed by atoms with Gasteiger partial charge < -0.3 is 14.9 Å². The van der Waals surface area contributed by atoms with Crippen molar-refractivity contribution in [1.29, 1.82) is 0 Å². The number of thiocarbonyl (C=S) groups is 1. The minimum Gasteiger partial charge on any atom is -0.465 e. The molecule has 1 amide bonds. The maximum atomic E-state index is 10.6. The molecule has 7 heteroatoms. The number of hydrogen-bond acceptors (Lipinski definition) is 3. The summed E-state index contributed by atoms with van der Waals surface area (Å²) < 4.78 is 0. The third-order valence-electron chi connectivity index (χ3n) is 2.12. The van der Waals surface area contributed by atoms with Crippen LogP contribution < -0.4 is 5.84 Å². The Labute approximate surface area is 87.8 Å². The molecule has 80 valence electrons. The van der Waals surface area contributed by atoms with Gasteiger partial charge in [0.1, 0.15) is 0 Å². The maximum Gasteiger partial charge on any atom is 0.407 e. The van der Waals surface area contributed by atoms with Crippen LogP contribution in [0.2, 0.25) is 0 Å². The molecule has 0 spiro atoms. The molecule has 1 aliphatic heterocycles. The van der Waals surface area contributed by atoms with Gasteiger partial charge >= 0.3 is 6.09 Å². The quantitative estimate of drug-likeness (QED) is 0.320. The average molecular weight is 218 g/mol. The third kappa shape index (κ3) is 2.46. The molecule has 0 aromatic heterocycles. The summed E-state index contributed by atoms with van der Waals surface area (Å²) in [7, 11) is 1.67. The molecule has 0 aromatic rings. The Kier molecular flexibility index (Phi) is 3.48. The summed E-state index contributed by atoms with van der Waals surface area (Å²) in [5.41, 5.74) is 0. The summed E-state index contributed by atoms with van der Waals surface area (Å²) in [4.78, 5) is 13.9. The van der Waals surface area contributed by atoms with Crippen LogP contribution in [0.4, 0.5) is 4.79 Å². The van der Waals surface area contributed by atoms with E-state index < -0.39 is 6.09 Å². The predicted octanol–water partition coefficient (Wildman–Crippen LogP) is -0.628. The summed E-state index contributed by atoms with van der Waals surface area (Å²) in [6.45, 7) is 2.16. The van der Waals surface area contributed by atoms with Crippen molar-refractivity contribution in [3.8, 4) is 0 Å². The third-order valence-corrected chi connectivity index (χ3v) is 2.67. The first-order chi connectivity index (χ1) is 6.52. The van der Waals surface area contributed by atoms with Crippen LogP contribution in [0.3, 0.4) is 0 Å². The van der Waals surface area contributed by atoms with Crippen molar-refractivity contribution in [2.75, 3.05) is 33.2 Å². The minimum absolute atomic E-state index is 0.476. The van der Waals surface area contributed by atoms with E-state index in [4.69, 9.17) is 23.2 Å². The maximum absolute atomic E-state index is 10.6. The number of amides is 1. The van der Waals surface area contributed by atoms with Crippen LogP contribution in [0.15, 0.2) is 0 Å². The zero-order chi connectivity index (χ0) is 10.7. The van der Waals surface area contributed by atoms with Crippen LogP contribution >= 0.6 is 12.2 Å². The Balaban J connectivity index is 2.43. The van der Waals surface area contributed by atoms with Crippen molar-refractivity contribution in [3.05, 3.63) is 0 Å². The molecule has 6 nitrogen and oxygen atoms in total. The standard InChI is InChI=1S/C7H14N4O2S/c1-9(8)6(14)10-2-4-11(5-3-10)7(12)13/h2-5,8H2,1H3,(H,12,13). The average Bonchev–Trinajstić information content (AvgIpc) is 2.16. The zero-order valence-corrected chi connectivity index (χ0v) is 8.83. The lowest BCUT2D eigenvalue weighted by molar-refractivity contribution is 0.122. The normalized spacial score (nSPS) is 16.7. The minimum atomic E-state index is -0.878. The van der Waals surface area contributed by atoms with Crippen molar-refractivity contribution < 1.29 is 9.90 Å². The fourth-order valence-corrected chi connectivity index (χ4v) is 1.49. The largest absolute Gasteiger partial charge is 0.465 e. The smallest absolute Gasteiger partial charge is 0.407 e. The number of nitrogens with two attached hydrogens (primary N) is 1. The van der Waals surface area contributed by atoms with Gasteiger partial charge in [-0.3, -0.25) is 5.01 Å². The highest BCUT2D eigenvalue weighted by Gasteiger charge is 2.22. The molecule has 0 atom stereocenters. The number of hydrogen-bond donors (Lipinski definition) is 2. The van der Waals surface area contributed by atoms with Gasteiger partial charge in [0, 0.05) is 33.2 Å². The van der Waals surface area contributed by atoms with Gasteiger partial charge in [-0.15, -0.1) is 0 Å². The van der Waals surface area contributed by atoms with E-state index in [1.807, 2.05) is 4.90 Å². The molecule has 0 radical (unpaired) electrons. The fourth-order valence-electron chi connectivity index (χ4n) is 1.31. The monoisotopic (exact) mass is 218 g/mol. The number of piperazine rings is 1. The highest BCUT2D eigenvalue weighted by Crippen LogP contribution is 2.03. The number of carboxylic acid groups (broad SMARTS) is 1. The second kappa shape index (κ2) is 4.43. The number of carbonyl (C=O) groups is 1. The van der Waals surface area contributed by atoms with Gasteiger partial charge in [-0.1, -0.05) is 0 Å². The molecule has 0 saturated carbocycles. The van der Waals surface area contributed by atoms with Crippen molar-refractivity contribution in [2.24, 2.45) is 5.84 Å². The molecule has 14 heavy (non-hydrogen) atoms. The summed E-state index contributed by atoms with van der Waals surface area (Å²) in [6.07, 6.45) is -0.878. The molecule has 0 bridgehead atoms. The summed E-state index contributed by atoms with van der Waals surface area (Å²) in [5, 5.41) is 10.6. The van der Waals surface area contributed by atoms with Gasteiger partial charge in [-0.2, -0.15) is 0 Å². The Morgan fingerprint density at radius 3 is 2.14 bits per heavy atom. The van der Waals surface area contributed by atoms with Crippen molar-refractivity contribution in [3.63, 3.8) is 0 Å². The van der Waals surface area contributed by atoms with Gasteiger partial charge in [0.05, 0.1) is 0 Å². The molecular formula is C7H14N4O2S. The van der Waals surface area contributed by atoms with E-state index in [0.29, 0.717) is 31.3 Å². The summed E-state index contributed by atoms with van der Waals surface area (Å²) in [6, 6.07) is 0. The van der Waals surface area contributed by atoms with Crippen molar-refractivity contribution in [2.45, 2.75) is 0 Å². The van der Waals surface area contributed by atoms with Crippen LogP contribution in [-0.2, 0) is 0 Å². The molecule has 3 N–H and O–H groups in total. The van der Waals surface area contributed by atoms with Crippen LogP contribution in [0, 0.1) is 0 Å². The molecule has 0 unspecified atom stereocenters. The number of hydrazine groups is 1. The zero-order valence-electron chi connectivity index (χ0n) is 8.01. The molecule has 0 aromatic carbocycles. The summed E-state index contributed by atoms with van der Waals surface area (Å²) in [5.74, 6) is 5.48. The first-order valence-electron chi connectivity index (χ1n) is 4.27. The second-order valence-electron chi connectivity index (χ2n) is 3.15. The Bertz CT molecular complexity index is 238. The molecule has 1 fully saturated rings. The van der Waals surface area contributed by atoms with Crippen LogP contribution in [-0.4, -0.2) is 64.3 Å². The first-order valence-corrected chi connectivity index (χ1v) is 4.68. The molecular weight excluding hydrogens is 204 g/mol. The van der Waals surface area contributed by atoms with Crippen LogP contribution in [0.5, 0.6) is 0 Å². The van der Waals surface area contributed by atoms with E-state index >= 15 is 0 Å². The fraction of sp³-hybridized carbons (Fsp3) is 0.714. The molecule has 1 saturated heterocycles. The van der Waals surface area contributed by atoms with E-state index in [2.05, 4.69) is 0 Å². The first kappa shape index (κ1) is 11.0. The Morgan fingerprint density at radius 1 is 1.36 bits per heavy atom. The lowest BCUT2D eigenvalue weighted by Gasteiger charge is -2.36. The highest BCUT2D eigenvalue weighted by molar-refractivity contribution is 7.80. The molecule has 0 aliphatic carbocycles. The van der Waals surface area contributed by atoms with Gasteiger partial charge in [-0.05, 0) is 12.2 Å². The molecule has 1 heterocycles. The van der Waals surface area contributed by atoms with Gasteiger partial charge in [-0.25, -0.2) is 10.6 Å². The Hall–Kier alpha value is -1.08. The number of nitrogens with zero attached hydrogens (tertiary/aromatic N) is 3. The van der Waals surface area contributed by atoms with Crippen molar-refractivity contribution >= 4 is 23.4 Å². The second-order valence-corrected chi connectivity index (χ2v) is 3.52. The van der Waals surface area contributed by atoms with Crippen LogP contribution in [0.1, 0.15) is 0 Å². The van der Waals surface area contributed by atoms with Crippen molar-refractivity contribution in [1.82, 2.24) is 14.8 Å². The van der Waals surface area contributed by atoms with E-state index in [-0.39, 0.29) is 0 Å². The molecule has 1 aliphatic rings. The number of rotatable bonds is 0. The van der Waals surface area contributed by atoms with E-state index in [0.717, 1.165) is 0 Å². The summed E-state index contributed by atoms with van der Waals surface area (Å²) >= 11 is 5.06. The van der Waals surface area contributed by atoms with Gasteiger partial charge in [0.2, 0.25) is 0 Å². The molecule has 1 rings (SSSR count). The van der Waals surface area contributed by atoms with Crippen LogP contribution in [0.25, 0.3) is 0 Å². The lowest BCUT2D eigenvalue weighted by Crippen LogP contribution is -2.54.